The van der Waals surface area contributed by atoms with Crippen LogP contribution in [0.3, 0.4) is 0 Å². The first kappa shape index (κ1) is 10.8. The van der Waals surface area contributed by atoms with Crippen molar-refractivity contribution in [1.82, 2.24) is 0 Å². The van der Waals surface area contributed by atoms with Gasteiger partial charge in [0.05, 0.1) is 0 Å². The monoisotopic (exact) mass is 233 g/mol. The standard InChI is InChI=1S/C17H15N/c1-12-3-2-4-13(9-12)14-5-6-16-11-17(18)8-7-15(16)10-14/h2-11H,18H2,1H3. The molecule has 1 heteroatoms. The molecule has 0 spiro atoms. The van der Waals surface area contributed by atoms with Gasteiger partial charge in [-0.25, -0.2) is 0 Å². The Bertz CT molecular complexity index is 714. The molecule has 0 unspecified atom stereocenters. The van der Waals surface area contributed by atoms with Crippen molar-refractivity contribution in [1.29, 1.82) is 0 Å². The Balaban J connectivity index is 2.16. The molecule has 0 bridgehead atoms. The van der Waals surface area contributed by atoms with Crippen LogP contribution in [0.2, 0.25) is 0 Å². The highest BCUT2D eigenvalue weighted by Crippen LogP contribution is 2.26. The molecule has 0 aliphatic carbocycles. The maximum atomic E-state index is 5.79. The molecule has 3 aromatic rings. The number of nitrogen functional groups attached to an aromatic ring is 1. The summed E-state index contributed by atoms with van der Waals surface area (Å²) >= 11 is 0. The summed E-state index contributed by atoms with van der Waals surface area (Å²) in [5.41, 5.74) is 10.4. The topological polar surface area (TPSA) is 26.0 Å². The van der Waals surface area contributed by atoms with Crippen LogP contribution < -0.4 is 5.73 Å². The van der Waals surface area contributed by atoms with Crippen molar-refractivity contribution in [3.8, 4) is 11.1 Å². The SMILES string of the molecule is Cc1cccc(-c2ccc3cc(N)ccc3c2)c1. The number of nitrogens with two attached hydrogens (primary N) is 1. The Morgan fingerprint density at radius 1 is 0.722 bits per heavy atom. The first-order valence-corrected chi connectivity index (χ1v) is 6.09. The Hall–Kier alpha value is -2.28. The van der Waals surface area contributed by atoms with Crippen LogP contribution in [0.25, 0.3) is 21.9 Å². The molecule has 18 heavy (non-hydrogen) atoms. The fourth-order valence-electron chi connectivity index (χ4n) is 2.27. The predicted octanol–water partition coefficient (Wildman–Crippen LogP) is 4.40. The van der Waals surface area contributed by atoms with Gasteiger partial charge in [0.25, 0.3) is 0 Å². The molecule has 0 aliphatic rings. The number of hydrogen-bond donors (Lipinski definition) is 1. The molecular formula is C17H15N. The Morgan fingerprint density at radius 3 is 2.28 bits per heavy atom. The highest BCUT2D eigenvalue weighted by Gasteiger charge is 2.00. The number of hydrogen-bond acceptors (Lipinski definition) is 1. The van der Waals surface area contributed by atoms with Gasteiger partial charge in [0.2, 0.25) is 0 Å². The third kappa shape index (κ3) is 1.95. The second-order valence-electron chi connectivity index (χ2n) is 4.69. The van der Waals surface area contributed by atoms with E-state index in [2.05, 4.69) is 55.5 Å². The summed E-state index contributed by atoms with van der Waals surface area (Å²) in [6, 6.07) is 21.1. The molecule has 0 radical (unpaired) electrons. The molecule has 0 aromatic heterocycles. The summed E-state index contributed by atoms with van der Waals surface area (Å²) in [6.45, 7) is 2.12. The quantitative estimate of drug-likeness (QED) is 0.619. The van der Waals surface area contributed by atoms with E-state index in [1.807, 2.05) is 12.1 Å². The van der Waals surface area contributed by atoms with Gasteiger partial charge in [-0.1, -0.05) is 48.0 Å². The third-order valence-electron chi connectivity index (χ3n) is 3.22. The van der Waals surface area contributed by atoms with E-state index in [1.165, 1.54) is 27.5 Å². The molecule has 0 saturated carbocycles. The number of aryl methyl sites for hydroxylation is 1. The Labute approximate surface area is 107 Å². The van der Waals surface area contributed by atoms with Crippen molar-refractivity contribution in [3.05, 3.63) is 66.2 Å². The fraction of sp³-hybridized carbons (Fsp3) is 0.0588. The van der Waals surface area contributed by atoms with E-state index >= 15 is 0 Å². The maximum Gasteiger partial charge on any atom is 0.0320 e. The van der Waals surface area contributed by atoms with Gasteiger partial charge < -0.3 is 5.73 Å². The predicted molar refractivity (Wildman–Crippen MR) is 78.5 cm³/mol. The summed E-state index contributed by atoms with van der Waals surface area (Å²) in [6.07, 6.45) is 0. The molecule has 0 heterocycles. The lowest BCUT2D eigenvalue weighted by molar-refractivity contribution is 1.47. The number of benzene rings is 3. The van der Waals surface area contributed by atoms with Crippen LogP contribution in [0.5, 0.6) is 0 Å². The van der Waals surface area contributed by atoms with Crippen LogP contribution in [0, 0.1) is 6.92 Å². The average molecular weight is 233 g/mol. The summed E-state index contributed by atoms with van der Waals surface area (Å²) < 4.78 is 0. The summed E-state index contributed by atoms with van der Waals surface area (Å²) in [4.78, 5) is 0. The van der Waals surface area contributed by atoms with Gasteiger partial charge in [-0.3, -0.25) is 0 Å². The van der Waals surface area contributed by atoms with E-state index in [9.17, 15) is 0 Å². The normalized spacial score (nSPS) is 10.7. The van der Waals surface area contributed by atoms with Gasteiger partial charge >= 0.3 is 0 Å². The van der Waals surface area contributed by atoms with E-state index in [4.69, 9.17) is 5.73 Å². The lowest BCUT2D eigenvalue weighted by Crippen LogP contribution is -1.84. The van der Waals surface area contributed by atoms with Gasteiger partial charge in [0.15, 0.2) is 0 Å². The molecule has 0 saturated heterocycles. The molecule has 2 N–H and O–H groups in total. The third-order valence-corrected chi connectivity index (χ3v) is 3.22. The largest absolute Gasteiger partial charge is 0.399 e. The Kier molecular flexibility index (Phi) is 2.52. The van der Waals surface area contributed by atoms with Crippen LogP contribution >= 0.6 is 0 Å². The van der Waals surface area contributed by atoms with Gasteiger partial charge in [-0.2, -0.15) is 0 Å². The molecule has 0 aliphatic heterocycles. The average Bonchev–Trinajstić information content (AvgIpc) is 2.38. The molecule has 1 nitrogen and oxygen atoms in total. The van der Waals surface area contributed by atoms with Crippen LogP contribution in [0.15, 0.2) is 60.7 Å². The van der Waals surface area contributed by atoms with E-state index in [0.29, 0.717) is 0 Å². The second-order valence-corrected chi connectivity index (χ2v) is 4.69. The van der Waals surface area contributed by atoms with Crippen molar-refractivity contribution >= 4 is 16.5 Å². The minimum Gasteiger partial charge on any atom is -0.399 e. The van der Waals surface area contributed by atoms with Crippen LogP contribution in [-0.4, -0.2) is 0 Å². The molecule has 3 rings (SSSR count). The molecule has 3 aromatic carbocycles. The van der Waals surface area contributed by atoms with Crippen LogP contribution in [0.4, 0.5) is 5.69 Å². The molecule has 88 valence electrons. The van der Waals surface area contributed by atoms with E-state index < -0.39 is 0 Å². The smallest absolute Gasteiger partial charge is 0.0320 e. The van der Waals surface area contributed by atoms with Gasteiger partial charge in [-0.05, 0) is 47.0 Å². The summed E-state index contributed by atoms with van der Waals surface area (Å²) in [7, 11) is 0. The van der Waals surface area contributed by atoms with E-state index in [0.717, 1.165) is 5.69 Å². The molecule has 0 amide bonds. The lowest BCUT2D eigenvalue weighted by atomic mass is 10.00. The summed E-state index contributed by atoms with van der Waals surface area (Å²) in [5.74, 6) is 0. The van der Waals surface area contributed by atoms with Gasteiger partial charge in [0.1, 0.15) is 0 Å². The second kappa shape index (κ2) is 4.19. The minimum atomic E-state index is 0.811. The van der Waals surface area contributed by atoms with Crippen LogP contribution in [-0.2, 0) is 0 Å². The number of anilines is 1. The zero-order valence-electron chi connectivity index (χ0n) is 10.4. The van der Waals surface area contributed by atoms with Crippen molar-refractivity contribution < 1.29 is 0 Å². The molecular weight excluding hydrogens is 218 g/mol. The van der Waals surface area contributed by atoms with E-state index in [1.54, 1.807) is 0 Å². The van der Waals surface area contributed by atoms with Crippen molar-refractivity contribution in [2.75, 3.05) is 5.73 Å². The van der Waals surface area contributed by atoms with Crippen LogP contribution in [0.1, 0.15) is 5.56 Å². The highest BCUT2D eigenvalue weighted by molar-refractivity contribution is 5.89. The maximum absolute atomic E-state index is 5.79. The zero-order valence-corrected chi connectivity index (χ0v) is 10.4. The van der Waals surface area contributed by atoms with Crippen molar-refractivity contribution in [2.24, 2.45) is 0 Å². The molecule has 0 fully saturated rings. The first-order valence-electron chi connectivity index (χ1n) is 6.09. The number of fused-ring (bicyclic) bond motifs is 1. The molecule has 0 atom stereocenters. The first-order chi connectivity index (χ1) is 8.72. The van der Waals surface area contributed by atoms with Gasteiger partial charge in [0, 0.05) is 5.69 Å². The minimum absolute atomic E-state index is 0.811. The van der Waals surface area contributed by atoms with E-state index in [-0.39, 0.29) is 0 Å². The Morgan fingerprint density at radius 2 is 1.44 bits per heavy atom. The highest BCUT2D eigenvalue weighted by atomic mass is 14.5. The fourth-order valence-corrected chi connectivity index (χ4v) is 2.27. The van der Waals surface area contributed by atoms with Gasteiger partial charge in [-0.15, -0.1) is 0 Å². The summed E-state index contributed by atoms with van der Waals surface area (Å²) in [5, 5.41) is 2.41. The van der Waals surface area contributed by atoms with Crippen molar-refractivity contribution in [2.45, 2.75) is 6.92 Å². The zero-order chi connectivity index (χ0) is 12.5. The number of rotatable bonds is 1. The van der Waals surface area contributed by atoms with Crippen molar-refractivity contribution in [3.63, 3.8) is 0 Å². The lowest BCUT2D eigenvalue weighted by Gasteiger charge is -2.06.